The molecule has 0 spiro atoms. The summed E-state index contributed by atoms with van der Waals surface area (Å²) >= 11 is 5.84. The lowest BCUT2D eigenvalue weighted by Crippen LogP contribution is -2.26. The molecule has 0 atom stereocenters. The molecule has 7 nitrogen and oxygen atoms in total. The summed E-state index contributed by atoms with van der Waals surface area (Å²) in [7, 11) is -2.26. The number of methoxy groups -OCH3 is 1. The minimum atomic E-state index is -3.63. The third kappa shape index (κ3) is 6.40. The van der Waals surface area contributed by atoms with Gasteiger partial charge in [-0.3, -0.25) is 9.78 Å². The van der Waals surface area contributed by atoms with Crippen molar-refractivity contribution < 1.29 is 17.9 Å². The zero-order valence-corrected chi connectivity index (χ0v) is 18.7. The van der Waals surface area contributed by atoms with Crippen molar-refractivity contribution in [3.63, 3.8) is 0 Å². The van der Waals surface area contributed by atoms with Gasteiger partial charge in [0.25, 0.3) is 0 Å². The van der Waals surface area contributed by atoms with E-state index in [0.717, 1.165) is 17.0 Å². The van der Waals surface area contributed by atoms with Crippen molar-refractivity contribution in [2.75, 3.05) is 13.7 Å². The highest BCUT2D eigenvalue weighted by Crippen LogP contribution is 2.17. The van der Waals surface area contributed by atoms with Crippen molar-refractivity contribution >= 4 is 27.6 Å². The van der Waals surface area contributed by atoms with Gasteiger partial charge in [-0.1, -0.05) is 17.7 Å². The molecule has 2 aromatic heterocycles. The van der Waals surface area contributed by atoms with Gasteiger partial charge in [0.05, 0.1) is 18.4 Å². The smallest absolute Gasteiger partial charge is 0.305 e. The van der Waals surface area contributed by atoms with E-state index < -0.39 is 10.0 Å². The summed E-state index contributed by atoms with van der Waals surface area (Å²) in [5, 5.41) is 0.478. The molecule has 1 N–H and O–H groups in total. The minimum Gasteiger partial charge on any atom is -0.469 e. The standard InChI is InChI=1S/C22H24ClN3O4S/c1-30-22(27)11-8-19-6-7-20(26(19)16-17-3-2-13-24-15-17)12-14-25-31(28,29)21-9-4-18(23)5-10-21/h2-7,9-10,13,15,25H,8,11-12,14,16H2,1H3. The maximum absolute atomic E-state index is 12.5. The molecule has 3 rings (SSSR count). The van der Waals surface area contributed by atoms with Crippen LogP contribution in [0.1, 0.15) is 23.4 Å². The third-order valence-electron chi connectivity index (χ3n) is 4.84. The lowest BCUT2D eigenvalue weighted by molar-refractivity contribution is -0.140. The van der Waals surface area contributed by atoms with E-state index in [2.05, 4.69) is 14.3 Å². The molecule has 0 unspecified atom stereocenters. The summed E-state index contributed by atoms with van der Waals surface area (Å²) in [5.74, 6) is -0.272. The Hall–Kier alpha value is -2.68. The Morgan fingerprint density at radius 1 is 1.10 bits per heavy atom. The minimum absolute atomic E-state index is 0.168. The highest BCUT2D eigenvalue weighted by molar-refractivity contribution is 7.89. The van der Waals surface area contributed by atoms with Crippen molar-refractivity contribution in [3.05, 3.63) is 82.9 Å². The first-order valence-electron chi connectivity index (χ1n) is 9.77. The van der Waals surface area contributed by atoms with Gasteiger partial charge in [-0.15, -0.1) is 0 Å². The first-order valence-corrected chi connectivity index (χ1v) is 11.6. The van der Waals surface area contributed by atoms with E-state index in [1.807, 2.05) is 24.3 Å². The summed E-state index contributed by atoms with van der Waals surface area (Å²) in [6, 6.07) is 13.8. The number of nitrogens with one attached hydrogen (secondary N) is 1. The van der Waals surface area contributed by atoms with Crippen LogP contribution in [0.2, 0.25) is 5.02 Å². The number of ether oxygens (including phenoxy) is 1. The molecule has 0 aliphatic carbocycles. The van der Waals surface area contributed by atoms with Crippen molar-refractivity contribution in [2.45, 2.75) is 30.7 Å². The SMILES string of the molecule is COC(=O)CCc1ccc(CCNS(=O)(=O)c2ccc(Cl)cc2)n1Cc1cccnc1. The maximum Gasteiger partial charge on any atom is 0.305 e. The van der Waals surface area contributed by atoms with E-state index in [9.17, 15) is 13.2 Å². The van der Waals surface area contributed by atoms with Gasteiger partial charge < -0.3 is 9.30 Å². The summed E-state index contributed by atoms with van der Waals surface area (Å²) in [4.78, 5) is 15.9. The fourth-order valence-electron chi connectivity index (χ4n) is 3.21. The van der Waals surface area contributed by atoms with E-state index in [-0.39, 0.29) is 23.8 Å². The molecule has 0 aliphatic heterocycles. The first-order chi connectivity index (χ1) is 14.9. The summed E-state index contributed by atoms with van der Waals surface area (Å²) in [6.07, 6.45) is 4.80. The van der Waals surface area contributed by atoms with E-state index >= 15 is 0 Å². The largest absolute Gasteiger partial charge is 0.469 e. The van der Waals surface area contributed by atoms with Crippen LogP contribution in [0, 0.1) is 0 Å². The maximum atomic E-state index is 12.5. The lowest BCUT2D eigenvalue weighted by Gasteiger charge is -2.14. The molecule has 0 radical (unpaired) electrons. The van der Waals surface area contributed by atoms with E-state index in [0.29, 0.717) is 24.4 Å². The van der Waals surface area contributed by atoms with E-state index in [4.69, 9.17) is 16.3 Å². The molecule has 3 aromatic rings. The summed E-state index contributed by atoms with van der Waals surface area (Å²) in [5.41, 5.74) is 2.95. The van der Waals surface area contributed by atoms with Gasteiger partial charge in [0.15, 0.2) is 0 Å². The lowest BCUT2D eigenvalue weighted by atomic mass is 10.2. The average molecular weight is 462 g/mol. The van der Waals surface area contributed by atoms with Crippen molar-refractivity contribution in [3.8, 4) is 0 Å². The number of sulfonamides is 1. The second-order valence-electron chi connectivity index (χ2n) is 6.94. The van der Waals surface area contributed by atoms with Gasteiger partial charge in [0, 0.05) is 48.3 Å². The number of hydrogen-bond acceptors (Lipinski definition) is 5. The highest BCUT2D eigenvalue weighted by Gasteiger charge is 2.15. The molecule has 0 saturated carbocycles. The second kappa shape index (κ2) is 10.6. The number of aryl methyl sites for hydroxylation is 1. The van der Waals surface area contributed by atoms with Crippen LogP contribution in [0.25, 0.3) is 0 Å². The van der Waals surface area contributed by atoms with Gasteiger partial charge in [-0.05, 0) is 54.4 Å². The zero-order chi connectivity index (χ0) is 22.3. The number of aromatic nitrogens is 2. The number of halogens is 1. The van der Waals surface area contributed by atoms with Gasteiger partial charge in [0.1, 0.15) is 0 Å². The van der Waals surface area contributed by atoms with Crippen molar-refractivity contribution in [1.29, 1.82) is 0 Å². The topological polar surface area (TPSA) is 90.3 Å². The molecule has 1 aromatic carbocycles. The number of carbonyl (C=O) groups excluding carboxylic acids is 1. The quantitative estimate of drug-likeness (QED) is 0.468. The zero-order valence-electron chi connectivity index (χ0n) is 17.1. The fourth-order valence-corrected chi connectivity index (χ4v) is 4.37. The number of esters is 1. The number of carbonyl (C=O) groups is 1. The van der Waals surface area contributed by atoms with Crippen LogP contribution in [0.3, 0.4) is 0 Å². The van der Waals surface area contributed by atoms with Gasteiger partial charge in [0.2, 0.25) is 10.0 Å². The number of pyridine rings is 1. The van der Waals surface area contributed by atoms with Crippen LogP contribution < -0.4 is 4.72 Å². The number of rotatable bonds is 10. The van der Waals surface area contributed by atoms with E-state index in [1.165, 1.54) is 19.2 Å². The van der Waals surface area contributed by atoms with Gasteiger partial charge >= 0.3 is 5.97 Å². The van der Waals surface area contributed by atoms with Gasteiger partial charge in [-0.25, -0.2) is 13.1 Å². The molecule has 0 aliphatic rings. The monoisotopic (exact) mass is 461 g/mol. The third-order valence-corrected chi connectivity index (χ3v) is 6.56. The number of benzene rings is 1. The number of hydrogen-bond donors (Lipinski definition) is 1. The van der Waals surface area contributed by atoms with Crippen LogP contribution in [-0.2, 0) is 38.9 Å². The molecular formula is C22H24ClN3O4S. The fraction of sp³-hybridized carbons (Fsp3) is 0.273. The molecule has 9 heteroatoms. The Morgan fingerprint density at radius 2 is 1.81 bits per heavy atom. The van der Waals surface area contributed by atoms with Gasteiger partial charge in [-0.2, -0.15) is 0 Å². The second-order valence-corrected chi connectivity index (χ2v) is 9.14. The Kier molecular flexibility index (Phi) is 7.84. The van der Waals surface area contributed by atoms with Crippen molar-refractivity contribution in [1.82, 2.24) is 14.3 Å². The molecule has 0 saturated heterocycles. The normalized spacial score (nSPS) is 11.4. The van der Waals surface area contributed by atoms with Crippen LogP contribution in [0.15, 0.2) is 65.8 Å². The average Bonchev–Trinajstić information content (AvgIpc) is 3.14. The molecule has 31 heavy (non-hydrogen) atoms. The predicted octanol–water partition coefficient (Wildman–Crippen LogP) is 3.21. The molecular weight excluding hydrogens is 438 g/mol. The van der Waals surface area contributed by atoms with Crippen LogP contribution in [0.4, 0.5) is 0 Å². The molecule has 2 heterocycles. The van der Waals surface area contributed by atoms with Crippen LogP contribution in [-0.4, -0.2) is 37.6 Å². The molecule has 164 valence electrons. The van der Waals surface area contributed by atoms with Crippen LogP contribution in [0.5, 0.6) is 0 Å². The molecule has 0 bridgehead atoms. The molecule has 0 fully saturated rings. The highest BCUT2D eigenvalue weighted by atomic mass is 35.5. The Morgan fingerprint density at radius 3 is 2.45 bits per heavy atom. The summed E-state index contributed by atoms with van der Waals surface area (Å²) < 4.78 is 34.5. The number of nitrogens with zero attached hydrogens (tertiary/aromatic N) is 2. The van der Waals surface area contributed by atoms with Crippen molar-refractivity contribution in [2.24, 2.45) is 0 Å². The van der Waals surface area contributed by atoms with E-state index in [1.54, 1.807) is 24.5 Å². The Bertz CT molecular complexity index is 1110. The Labute approximate surface area is 187 Å². The van der Waals surface area contributed by atoms with Crippen LogP contribution >= 0.6 is 11.6 Å². The first kappa shape index (κ1) is 23.0. The molecule has 0 amide bonds. The summed E-state index contributed by atoms with van der Waals surface area (Å²) in [6.45, 7) is 0.815. The predicted molar refractivity (Wildman–Crippen MR) is 118 cm³/mol. The Balaban J connectivity index is 1.72.